The molecular formula is C15H25N3OS. The quantitative estimate of drug-likeness (QED) is 0.835. The topological polar surface area (TPSA) is 58.4 Å². The maximum atomic E-state index is 11.9. The van der Waals surface area contributed by atoms with Crippen molar-refractivity contribution < 1.29 is 4.79 Å². The van der Waals surface area contributed by atoms with Gasteiger partial charge in [-0.15, -0.1) is 11.3 Å². The average molecular weight is 295 g/mol. The average Bonchev–Trinajstić information content (AvgIpc) is 2.94. The molecule has 0 bridgehead atoms. The van der Waals surface area contributed by atoms with E-state index in [0.29, 0.717) is 18.5 Å². The van der Waals surface area contributed by atoms with Crippen molar-refractivity contribution in [3.63, 3.8) is 0 Å². The van der Waals surface area contributed by atoms with Crippen molar-refractivity contribution in [1.29, 1.82) is 0 Å². The molecule has 4 nitrogen and oxygen atoms in total. The third-order valence-corrected chi connectivity index (χ3v) is 4.98. The minimum Gasteiger partial charge on any atom is -0.355 e. The van der Waals surface area contributed by atoms with E-state index >= 15 is 0 Å². The second kappa shape index (κ2) is 7.76. The lowest BCUT2D eigenvalue weighted by atomic mass is 9.91. The van der Waals surface area contributed by atoms with Crippen LogP contribution in [0.2, 0.25) is 0 Å². The van der Waals surface area contributed by atoms with E-state index in [1.807, 2.05) is 6.07 Å². The third kappa shape index (κ3) is 4.58. The Morgan fingerprint density at radius 3 is 3.15 bits per heavy atom. The molecule has 1 aliphatic rings. The number of piperidine rings is 1. The Balaban J connectivity index is 1.66. The molecule has 3 N–H and O–H groups in total. The van der Waals surface area contributed by atoms with Crippen LogP contribution in [-0.2, 0) is 11.2 Å². The molecule has 2 unspecified atom stereocenters. The van der Waals surface area contributed by atoms with Crippen LogP contribution < -0.4 is 11.1 Å². The van der Waals surface area contributed by atoms with Crippen molar-refractivity contribution in [3.8, 4) is 0 Å². The highest BCUT2D eigenvalue weighted by molar-refractivity contribution is 7.09. The van der Waals surface area contributed by atoms with Crippen molar-refractivity contribution in [3.05, 3.63) is 22.4 Å². The molecule has 2 atom stereocenters. The van der Waals surface area contributed by atoms with Gasteiger partial charge in [-0.2, -0.15) is 0 Å². The first kappa shape index (κ1) is 15.5. The summed E-state index contributed by atoms with van der Waals surface area (Å²) in [4.78, 5) is 15.5. The van der Waals surface area contributed by atoms with Crippen molar-refractivity contribution in [2.75, 3.05) is 26.2 Å². The molecule has 1 aromatic rings. The van der Waals surface area contributed by atoms with Crippen LogP contribution in [0.25, 0.3) is 0 Å². The van der Waals surface area contributed by atoms with Gasteiger partial charge in [0.15, 0.2) is 0 Å². The molecule has 1 fully saturated rings. The summed E-state index contributed by atoms with van der Waals surface area (Å²) in [6, 6.07) is 4.45. The van der Waals surface area contributed by atoms with Gasteiger partial charge in [0, 0.05) is 30.6 Å². The minimum absolute atomic E-state index is 0.131. The van der Waals surface area contributed by atoms with E-state index in [-0.39, 0.29) is 5.91 Å². The maximum absolute atomic E-state index is 11.9. The normalized spacial score (nSPS) is 23.7. The number of carbonyl (C=O) groups excluding carboxylic acids is 1. The molecule has 20 heavy (non-hydrogen) atoms. The van der Waals surface area contributed by atoms with Gasteiger partial charge >= 0.3 is 0 Å². The summed E-state index contributed by atoms with van der Waals surface area (Å²) in [6.07, 6.45) is 3.02. The van der Waals surface area contributed by atoms with E-state index in [4.69, 9.17) is 5.73 Å². The molecule has 5 heteroatoms. The van der Waals surface area contributed by atoms with Crippen LogP contribution in [-0.4, -0.2) is 43.0 Å². The Hall–Kier alpha value is -0.910. The predicted molar refractivity (Wildman–Crippen MR) is 83.8 cm³/mol. The number of nitrogens with one attached hydrogen (secondary N) is 1. The number of nitrogens with zero attached hydrogens (tertiary/aromatic N) is 1. The standard InChI is InChI=1S/C15H25N3OS/c1-2-12-10-18(8-6-14(12)16)11-15(19)17-7-5-13-4-3-9-20-13/h3-4,9,12,14H,2,5-8,10-11,16H2,1H3,(H,17,19). The maximum Gasteiger partial charge on any atom is 0.234 e. The number of amides is 1. The number of hydrogen-bond acceptors (Lipinski definition) is 4. The van der Waals surface area contributed by atoms with Gasteiger partial charge in [0.05, 0.1) is 6.54 Å². The van der Waals surface area contributed by atoms with Crippen molar-refractivity contribution in [2.24, 2.45) is 11.7 Å². The minimum atomic E-state index is 0.131. The second-order valence-electron chi connectivity index (χ2n) is 5.54. The zero-order valence-corrected chi connectivity index (χ0v) is 13.0. The Morgan fingerprint density at radius 2 is 2.45 bits per heavy atom. The van der Waals surface area contributed by atoms with Crippen LogP contribution in [0, 0.1) is 5.92 Å². The lowest BCUT2D eigenvalue weighted by Crippen LogP contribution is -2.49. The molecule has 0 aromatic carbocycles. The lowest BCUT2D eigenvalue weighted by molar-refractivity contribution is -0.122. The first-order chi connectivity index (χ1) is 9.69. The SMILES string of the molecule is CCC1CN(CC(=O)NCCc2cccs2)CCC1N. The Bertz CT molecular complexity index is 407. The predicted octanol–water partition coefficient (Wildman–Crippen LogP) is 1.47. The van der Waals surface area contributed by atoms with Crippen molar-refractivity contribution in [1.82, 2.24) is 10.2 Å². The molecule has 0 aliphatic carbocycles. The van der Waals surface area contributed by atoms with E-state index in [0.717, 1.165) is 38.9 Å². The molecule has 112 valence electrons. The van der Waals surface area contributed by atoms with E-state index in [1.54, 1.807) is 11.3 Å². The molecule has 0 radical (unpaired) electrons. The molecule has 0 spiro atoms. The summed E-state index contributed by atoms with van der Waals surface area (Å²) >= 11 is 1.74. The fourth-order valence-electron chi connectivity index (χ4n) is 2.74. The number of hydrogen-bond donors (Lipinski definition) is 2. The Kier molecular flexibility index (Phi) is 6.01. The first-order valence-corrected chi connectivity index (χ1v) is 8.34. The second-order valence-corrected chi connectivity index (χ2v) is 6.57. The van der Waals surface area contributed by atoms with Crippen LogP contribution in [0.5, 0.6) is 0 Å². The van der Waals surface area contributed by atoms with Gasteiger partial charge in [0.2, 0.25) is 5.91 Å². The van der Waals surface area contributed by atoms with Crippen molar-refractivity contribution >= 4 is 17.2 Å². The van der Waals surface area contributed by atoms with Crippen LogP contribution >= 0.6 is 11.3 Å². The fraction of sp³-hybridized carbons (Fsp3) is 0.667. The molecule has 0 saturated carbocycles. The number of thiophene rings is 1. The zero-order chi connectivity index (χ0) is 14.4. The fourth-order valence-corrected chi connectivity index (χ4v) is 3.45. The van der Waals surface area contributed by atoms with E-state index in [9.17, 15) is 4.79 Å². The van der Waals surface area contributed by atoms with E-state index in [1.165, 1.54) is 4.88 Å². The molecule has 1 aliphatic heterocycles. The summed E-state index contributed by atoms with van der Waals surface area (Å²) in [5.74, 6) is 0.662. The highest BCUT2D eigenvalue weighted by atomic mass is 32.1. The van der Waals surface area contributed by atoms with Crippen LogP contribution in [0.1, 0.15) is 24.6 Å². The first-order valence-electron chi connectivity index (χ1n) is 7.46. The summed E-state index contributed by atoms with van der Waals surface area (Å²) in [5.41, 5.74) is 6.09. The van der Waals surface area contributed by atoms with Gasteiger partial charge in [-0.3, -0.25) is 9.69 Å². The van der Waals surface area contributed by atoms with E-state index < -0.39 is 0 Å². The van der Waals surface area contributed by atoms with Gasteiger partial charge < -0.3 is 11.1 Å². The smallest absolute Gasteiger partial charge is 0.234 e. The number of nitrogens with two attached hydrogens (primary N) is 1. The van der Waals surface area contributed by atoms with E-state index in [2.05, 4.69) is 28.6 Å². The Morgan fingerprint density at radius 1 is 1.60 bits per heavy atom. The van der Waals surface area contributed by atoms with Gasteiger partial charge in [-0.1, -0.05) is 19.4 Å². The lowest BCUT2D eigenvalue weighted by Gasteiger charge is -2.36. The molecule has 2 heterocycles. The molecule has 1 amide bonds. The summed E-state index contributed by atoms with van der Waals surface area (Å²) in [5, 5.41) is 5.08. The highest BCUT2D eigenvalue weighted by Crippen LogP contribution is 2.18. The Labute approximate surface area is 125 Å². The number of likely N-dealkylation sites (tertiary alicyclic amines) is 1. The molecule has 1 aromatic heterocycles. The molecular weight excluding hydrogens is 270 g/mol. The zero-order valence-electron chi connectivity index (χ0n) is 12.2. The van der Waals surface area contributed by atoms with Crippen LogP contribution in [0.15, 0.2) is 17.5 Å². The number of carbonyl (C=O) groups is 1. The van der Waals surface area contributed by atoms with Crippen LogP contribution in [0.3, 0.4) is 0 Å². The largest absolute Gasteiger partial charge is 0.355 e. The number of rotatable bonds is 6. The van der Waals surface area contributed by atoms with Gasteiger partial charge in [-0.25, -0.2) is 0 Å². The van der Waals surface area contributed by atoms with Gasteiger partial charge in [0.25, 0.3) is 0 Å². The third-order valence-electron chi connectivity index (χ3n) is 4.04. The molecule has 2 rings (SSSR count). The summed E-state index contributed by atoms with van der Waals surface area (Å²) < 4.78 is 0. The van der Waals surface area contributed by atoms with Gasteiger partial charge in [-0.05, 0) is 30.2 Å². The highest BCUT2D eigenvalue weighted by Gasteiger charge is 2.26. The van der Waals surface area contributed by atoms with Crippen LogP contribution in [0.4, 0.5) is 0 Å². The van der Waals surface area contributed by atoms with Gasteiger partial charge in [0.1, 0.15) is 0 Å². The summed E-state index contributed by atoms with van der Waals surface area (Å²) in [7, 11) is 0. The monoisotopic (exact) mass is 295 g/mol. The molecule has 1 saturated heterocycles. The van der Waals surface area contributed by atoms with Crippen molar-refractivity contribution in [2.45, 2.75) is 32.2 Å². The summed E-state index contributed by atoms with van der Waals surface area (Å²) in [6.45, 7) is 5.30.